The molecule has 1 aromatic carbocycles. The fraction of sp³-hybridized carbons (Fsp3) is 0.417. The molecular formula is C12H13FO3. The average molecular weight is 224 g/mol. The molecule has 1 heterocycles. The molecule has 1 aliphatic rings. The molecule has 0 aliphatic carbocycles. The minimum absolute atomic E-state index is 0.263. The Balaban J connectivity index is 2.24. The van der Waals surface area contributed by atoms with Gasteiger partial charge in [-0.15, -0.1) is 0 Å². The van der Waals surface area contributed by atoms with Crippen molar-refractivity contribution in [2.24, 2.45) is 5.41 Å². The van der Waals surface area contributed by atoms with Gasteiger partial charge >= 0.3 is 0 Å². The normalized spacial score (nSPS) is 17.9. The molecule has 0 radical (unpaired) electrons. The van der Waals surface area contributed by atoms with Gasteiger partial charge < -0.3 is 14.6 Å². The van der Waals surface area contributed by atoms with E-state index in [2.05, 4.69) is 0 Å². The summed E-state index contributed by atoms with van der Waals surface area (Å²) in [5.74, 6) is -0.418. The van der Waals surface area contributed by atoms with E-state index in [0.29, 0.717) is 25.2 Å². The van der Waals surface area contributed by atoms with Crippen molar-refractivity contribution in [3.8, 4) is 0 Å². The molecule has 0 saturated carbocycles. The fourth-order valence-corrected chi connectivity index (χ4v) is 1.85. The number of aliphatic hydroxyl groups is 1. The lowest BCUT2D eigenvalue weighted by Crippen LogP contribution is -2.45. The van der Waals surface area contributed by atoms with E-state index in [0.717, 1.165) is 6.29 Å². The Morgan fingerprint density at radius 2 is 2.12 bits per heavy atom. The smallest absolute Gasteiger partial charge is 0.131 e. The maximum Gasteiger partial charge on any atom is 0.131 e. The molecule has 86 valence electrons. The number of ether oxygens (including phenoxy) is 1. The quantitative estimate of drug-likeness (QED) is 0.778. The first-order valence-corrected chi connectivity index (χ1v) is 5.12. The summed E-state index contributed by atoms with van der Waals surface area (Å²) in [6, 6.07) is 4.85. The molecule has 1 N–H and O–H groups in total. The number of hydrogen-bond acceptors (Lipinski definition) is 3. The van der Waals surface area contributed by atoms with Gasteiger partial charge in [-0.25, -0.2) is 4.39 Å². The van der Waals surface area contributed by atoms with E-state index in [1.54, 1.807) is 12.1 Å². The summed E-state index contributed by atoms with van der Waals surface area (Å²) in [6.45, 7) is 0.364. The van der Waals surface area contributed by atoms with Crippen LogP contribution in [0.2, 0.25) is 0 Å². The highest BCUT2D eigenvalue weighted by Crippen LogP contribution is 2.30. The third kappa shape index (κ3) is 1.86. The van der Waals surface area contributed by atoms with Crippen molar-refractivity contribution in [3.63, 3.8) is 0 Å². The number of aliphatic hydroxyl groups excluding tert-OH is 1. The van der Waals surface area contributed by atoms with Gasteiger partial charge in [-0.2, -0.15) is 0 Å². The van der Waals surface area contributed by atoms with Gasteiger partial charge in [0, 0.05) is 5.56 Å². The molecule has 0 unspecified atom stereocenters. The predicted molar refractivity (Wildman–Crippen MR) is 55.3 cm³/mol. The van der Waals surface area contributed by atoms with Crippen LogP contribution in [-0.4, -0.2) is 24.6 Å². The number of carbonyl (C=O) groups excluding carboxylic acids is 1. The number of rotatable bonds is 4. The summed E-state index contributed by atoms with van der Waals surface area (Å²) in [7, 11) is 0. The van der Waals surface area contributed by atoms with Gasteiger partial charge in [-0.05, 0) is 12.0 Å². The lowest BCUT2D eigenvalue weighted by molar-refractivity contribution is -0.145. The van der Waals surface area contributed by atoms with Gasteiger partial charge in [0.05, 0.1) is 25.2 Å². The Morgan fingerprint density at radius 3 is 2.62 bits per heavy atom. The van der Waals surface area contributed by atoms with Crippen LogP contribution in [-0.2, 0) is 22.6 Å². The van der Waals surface area contributed by atoms with Crippen LogP contribution in [0.4, 0.5) is 4.39 Å². The van der Waals surface area contributed by atoms with Gasteiger partial charge in [0.1, 0.15) is 12.1 Å². The lowest BCUT2D eigenvalue weighted by Gasteiger charge is -2.36. The van der Waals surface area contributed by atoms with Crippen molar-refractivity contribution in [1.29, 1.82) is 0 Å². The number of carbonyl (C=O) groups is 1. The lowest BCUT2D eigenvalue weighted by atomic mass is 9.81. The Hall–Kier alpha value is -1.26. The summed E-state index contributed by atoms with van der Waals surface area (Å²) in [4.78, 5) is 10.9. The largest absolute Gasteiger partial charge is 0.392 e. The second-order valence-electron chi connectivity index (χ2n) is 4.20. The van der Waals surface area contributed by atoms with Gasteiger partial charge in [0.15, 0.2) is 0 Å². The van der Waals surface area contributed by atoms with Crippen molar-refractivity contribution in [2.45, 2.75) is 13.0 Å². The molecule has 1 aromatic rings. The van der Waals surface area contributed by atoms with E-state index in [1.165, 1.54) is 6.07 Å². The number of hydrogen-bond donors (Lipinski definition) is 1. The topological polar surface area (TPSA) is 46.5 Å². The second kappa shape index (κ2) is 4.31. The summed E-state index contributed by atoms with van der Waals surface area (Å²) < 4.78 is 18.8. The Bertz CT molecular complexity index is 399. The van der Waals surface area contributed by atoms with Crippen molar-refractivity contribution in [1.82, 2.24) is 0 Å². The number of aldehydes is 1. The molecule has 2 rings (SSSR count). The second-order valence-corrected chi connectivity index (χ2v) is 4.20. The van der Waals surface area contributed by atoms with E-state index in [1.807, 2.05) is 0 Å². The molecule has 3 nitrogen and oxygen atoms in total. The van der Waals surface area contributed by atoms with Crippen LogP contribution in [0.15, 0.2) is 18.2 Å². The van der Waals surface area contributed by atoms with Gasteiger partial charge in [0.25, 0.3) is 0 Å². The van der Waals surface area contributed by atoms with Gasteiger partial charge in [-0.3, -0.25) is 0 Å². The van der Waals surface area contributed by atoms with E-state index in [4.69, 9.17) is 9.84 Å². The molecular weight excluding hydrogens is 211 g/mol. The summed E-state index contributed by atoms with van der Waals surface area (Å²) in [5.41, 5.74) is 0.148. The van der Waals surface area contributed by atoms with Crippen LogP contribution in [0.5, 0.6) is 0 Å². The molecule has 16 heavy (non-hydrogen) atoms. The van der Waals surface area contributed by atoms with Crippen molar-refractivity contribution in [3.05, 3.63) is 35.1 Å². The van der Waals surface area contributed by atoms with Crippen molar-refractivity contribution >= 4 is 6.29 Å². The highest BCUT2D eigenvalue weighted by Gasteiger charge is 2.39. The fourth-order valence-electron chi connectivity index (χ4n) is 1.85. The summed E-state index contributed by atoms with van der Waals surface area (Å²) in [6.07, 6.45) is 1.16. The van der Waals surface area contributed by atoms with Crippen LogP contribution in [0.25, 0.3) is 0 Å². The standard InChI is InChI=1S/C12H13FO3/c13-11-9(2-1-3-10(11)5-14)4-12(6-15)7-16-8-12/h1-3,6,14H,4-5,7-8H2. The van der Waals surface area contributed by atoms with Crippen LogP contribution in [0.1, 0.15) is 11.1 Å². The molecule has 0 aromatic heterocycles. The SMILES string of the molecule is O=CC1(Cc2cccc(CO)c2F)COC1. The monoisotopic (exact) mass is 224 g/mol. The van der Waals surface area contributed by atoms with E-state index in [9.17, 15) is 9.18 Å². The Kier molecular flexibility index (Phi) is 3.03. The highest BCUT2D eigenvalue weighted by atomic mass is 19.1. The molecule has 1 fully saturated rings. The molecule has 1 saturated heterocycles. The predicted octanol–water partition coefficient (Wildman–Crippen LogP) is 1.08. The van der Waals surface area contributed by atoms with Crippen molar-refractivity contribution < 1.29 is 19.0 Å². The molecule has 0 bridgehead atoms. The number of benzene rings is 1. The zero-order valence-corrected chi connectivity index (χ0v) is 8.78. The van der Waals surface area contributed by atoms with E-state index in [-0.39, 0.29) is 12.2 Å². The van der Waals surface area contributed by atoms with Crippen LogP contribution < -0.4 is 0 Å². The van der Waals surface area contributed by atoms with E-state index < -0.39 is 11.2 Å². The van der Waals surface area contributed by atoms with Crippen LogP contribution in [0.3, 0.4) is 0 Å². The molecule has 0 spiro atoms. The zero-order valence-electron chi connectivity index (χ0n) is 8.78. The minimum Gasteiger partial charge on any atom is -0.392 e. The first-order chi connectivity index (χ1) is 7.71. The number of halogens is 1. The maximum absolute atomic E-state index is 13.8. The first kappa shape index (κ1) is 11.2. The van der Waals surface area contributed by atoms with Gasteiger partial charge in [-0.1, -0.05) is 18.2 Å². The Morgan fingerprint density at radius 1 is 1.44 bits per heavy atom. The molecule has 1 aliphatic heterocycles. The van der Waals surface area contributed by atoms with Crippen LogP contribution >= 0.6 is 0 Å². The maximum atomic E-state index is 13.8. The minimum atomic E-state index is -0.574. The third-order valence-corrected chi connectivity index (χ3v) is 2.90. The first-order valence-electron chi connectivity index (χ1n) is 5.12. The molecule has 0 atom stereocenters. The van der Waals surface area contributed by atoms with Gasteiger partial charge in [0.2, 0.25) is 0 Å². The average Bonchev–Trinajstić information content (AvgIpc) is 2.25. The Labute approximate surface area is 92.9 Å². The summed E-state index contributed by atoms with van der Waals surface area (Å²) >= 11 is 0. The van der Waals surface area contributed by atoms with E-state index >= 15 is 0 Å². The zero-order chi connectivity index (χ0) is 11.6. The van der Waals surface area contributed by atoms with Crippen LogP contribution in [0, 0.1) is 11.2 Å². The molecule has 4 heteroatoms. The molecule has 0 amide bonds. The van der Waals surface area contributed by atoms with Crippen molar-refractivity contribution in [2.75, 3.05) is 13.2 Å². The summed E-state index contributed by atoms with van der Waals surface area (Å²) in [5, 5.41) is 8.94. The third-order valence-electron chi connectivity index (χ3n) is 2.90. The highest BCUT2D eigenvalue weighted by molar-refractivity contribution is 5.62.